The zero-order valence-corrected chi connectivity index (χ0v) is 15.5. The average Bonchev–Trinajstić information content (AvgIpc) is 3.21. The normalized spacial score (nSPS) is 18.8. The Morgan fingerprint density at radius 2 is 1.86 bits per heavy atom. The van der Waals surface area contributed by atoms with Gasteiger partial charge in [-0.15, -0.1) is 5.10 Å². The van der Waals surface area contributed by atoms with Crippen LogP contribution in [0.1, 0.15) is 36.3 Å². The van der Waals surface area contributed by atoms with Crippen LogP contribution in [0.2, 0.25) is 0 Å². The van der Waals surface area contributed by atoms with Crippen LogP contribution in [0.3, 0.4) is 0 Å². The molecule has 0 unspecified atom stereocenters. The SMILES string of the molecule is Cn1cnc2ncn(Cc3nn(C4CC(c5ccc(F)cc5)C4)c(=O)o3)c(=O)c21. The Morgan fingerprint density at radius 3 is 2.62 bits per heavy atom. The highest BCUT2D eigenvalue weighted by Gasteiger charge is 2.34. The molecule has 10 heteroatoms. The maximum atomic E-state index is 13.1. The number of hydrogen-bond acceptors (Lipinski definition) is 6. The highest BCUT2D eigenvalue weighted by atomic mass is 19.1. The van der Waals surface area contributed by atoms with Crippen molar-refractivity contribution in [2.75, 3.05) is 0 Å². The molecule has 1 aromatic carbocycles. The minimum absolute atomic E-state index is 0.00328. The van der Waals surface area contributed by atoms with E-state index in [1.807, 2.05) is 0 Å². The summed E-state index contributed by atoms with van der Waals surface area (Å²) in [6, 6.07) is 6.33. The third kappa shape index (κ3) is 2.96. The van der Waals surface area contributed by atoms with Gasteiger partial charge in [0.25, 0.3) is 5.56 Å². The van der Waals surface area contributed by atoms with Crippen LogP contribution in [0.4, 0.5) is 4.39 Å². The van der Waals surface area contributed by atoms with Gasteiger partial charge in [0.15, 0.2) is 11.2 Å². The van der Waals surface area contributed by atoms with E-state index in [4.69, 9.17) is 4.42 Å². The third-order valence-corrected chi connectivity index (χ3v) is 5.42. The number of nitrogens with zero attached hydrogens (tertiary/aromatic N) is 6. The van der Waals surface area contributed by atoms with Gasteiger partial charge in [-0.05, 0) is 36.5 Å². The standard InChI is InChI=1S/C19H17FN6O3/c1-24-9-21-17-16(24)18(27)25(10-22-17)8-15-23-26(19(28)29-15)14-6-12(7-14)11-2-4-13(20)5-3-11/h2-5,9-10,12,14H,6-8H2,1H3. The first-order chi connectivity index (χ1) is 14.0. The van der Waals surface area contributed by atoms with Crippen LogP contribution in [0.15, 0.2) is 50.9 Å². The summed E-state index contributed by atoms with van der Waals surface area (Å²) in [5.74, 6) is -0.418. The Morgan fingerprint density at radius 1 is 1.14 bits per heavy atom. The largest absolute Gasteiger partial charge is 0.437 e. The minimum Gasteiger partial charge on any atom is -0.390 e. The van der Waals surface area contributed by atoms with Gasteiger partial charge >= 0.3 is 5.76 Å². The van der Waals surface area contributed by atoms with Crippen molar-refractivity contribution in [1.29, 1.82) is 0 Å². The third-order valence-electron chi connectivity index (χ3n) is 5.42. The van der Waals surface area contributed by atoms with E-state index in [1.54, 1.807) is 23.7 Å². The fourth-order valence-corrected chi connectivity index (χ4v) is 3.75. The van der Waals surface area contributed by atoms with Crippen LogP contribution >= 0.6 is 0 Å². The van der Waals surface area contributed by atoms with Crippen molar-refractivity contribution in [3.8, 4) is 0 Å². The van der Waals surface area contributed by atoms with Crippen molar-refractivity contribution in [2.45, 2.75) is 31.3 Å². The Balaban J connectivity index is 1.35. The molecular weight excluding hydrogens is 379 g/mol. The highest BCUT2D eigenvalue weighted by Crippen LogP contribution is 2.43. The van der Waals surface area contributed by atoms with Crippen LogP contribution in [0.5, 0.6) is 0 Å². The molecule has 0 N–H and O–H groups in total. The van der Waals surface area contributed by atoms with E-state index in [2.05, 4.69) is 15.1 Å². The van der Waals surface area contributed by atoms with E-state index in [9.17, 15) is 14.0 Å². The molecule has 5 rings (SSSR count). The van der Waals surface area contributed by atoms with Crippen LogP contribution < -0.4 is 11.3 Å². The summed E-state index contributed by atoms with van der Waals surface area (Å²) in [7, 11) is 1.71. The summed E-state index contributed by atoms with van der Waals surface area (Å²) in [4.78, 5) is 33.0. The number of fused-ring (bicyclic) bond motifs is 1. The molecule has 0 saturated heterocycles. The second-order valence-corrected chi connectivity index (χ2v) is 7.29. The molecule has 3 aromatic heterocycles. The van der Waals surface area contributed by atoms with Crippen molar-refractivity contribution in [2.24, 2.45) is 7.05 Å². The minimum atomic E-state index is -0.551. The maximum absolute atomic E-state index is 13.1. The summed E-state index contributed by atoms with van der Waals surface area (Å²) in [5, 5.41) is 4.27. The zero-order valence-electron chi connectivity index (χ0n) is 15.5. The number of benzene rings is 1. The first-order valence-electron chi connectivity index (χ1n) is 9.20. The van der Waals surface area contributed by atoms with Crippen molar-refractivity contribution >= 4 is 11.2 Å². The lowest BCUT2D eigenvalue weighted by atomic mass is 9.76. The summed E-state index contributed by atoms with van der Waals surface area (Å²) in [6.07, 6.45) is 4.33. The molecule has 29 heavy (non-hydrogen) atoms. The van der Waals surface area contributed by atoms with Crippen molar-refractivity contribution in [3.63, 3.8) is 0 Å². The molecule has 4 aromatic rings. The van der Waals surface area contributed by atoms with Gasteiger partial charge in [-0.25, -0.2) is 19.2 Å². The monoisotopic (exact) mass is 396 g/mol. The molecule has 148 valence electrons. The Labute approximate surface area is 163 Å². The molecule has 9 nitrogen and oxygen atoms in total. The number of halogens is 1. The summed E-state index contributed by atoms with van der Waals surface area (Å²) >= 11 is 0. The van der Waals surface area contributed by atoms with E-state index in [1.165, 1.54) is 34.0 Å². The van der Waals surface area contributed by atoms with E-state index in [0.717, 1.165) is 18.4 Å². The predicted octanol–water partition coefficient (Wildman–Crippen LogP) is 1.59. The summed E-state index contributed by atoms with van der Waals surface area (Å²) < 4.78 is 22.6. The zero-order chi connectivity index (χ0) is 20.1. The lowest BCUT2D eigenvalue weighted by Crippen LogP contribution is -2.31. The van der Waals surface area contributed by atoms with Gasteiger partial charge in [-0.2, -0.15) is 4.68 Å². The van der Waals surface area contributed by atoms with Crippen molar-refractivity contribution < 1.29 is 8.81 Å². The summed E-state index contributed by atoms with van der Waals surface area (Å²) in [6.45, 7) is 0.00328. The molecule has 0 bridgehead atoms. The number of hydrogen-bond donors (Lipinski definition) is 0. The Bertz CT molecular complexity index is 1310. The lowest BCUT2D eigenvalue weighted by Gasteiger charge is -2.34. The fourth-order valence-electron chi connectivity index (χ4n) is 3.75. The molecule has 1 aliphatic rings. The molecule has 1 aliphatic carbocycles. The molecule has 3 heterocycles. The number of imidazole rings is 1. The second kappa shape index (κ2) is 6.50. The van der Waals surface area contributed by atoms with E-state index in [-0.39, 0.29) is 35.8 Å². The van der Waals surface area contributed by atoms with Gasteiger partial charge in [-0.1, -0.05) is 12.1 Å². The van der Waals surface area contributed by atoms with E-state index >= 15 is 0 Å². The molecule has 0 radical (unpaired) electrons. The van der Waals surface area contributed by atoms with Crippen molar-refractivity contribution in [3.05, 3.63) is 75.1 Å². The second-order valence-electron chi connectivity index (χ2n) is 7.29. The fraction of sp³-hybridized carbons (Fsp3) is 0.316. The van der Waals surface area contributed by atoms with Crippen LogP contribution in [0, 0.1) is 5.82 Å². The lowest BCUT2D eigenvalue weighted by molar-refractivity contribution is 0.233. The first kappa shape index (κ1) is 17.5. The van der Waals surface area contributed by atoms with Gasteiger partial charge in [0.05, 0.1) is 12.4 Å². The molecule has 0 aliphatic heterocycles. The van der Waals surface area contributed by atoms with Crippen LogP contribution in [-0.4, -0.2) is 28.9 Å². The van der Waals surface area contributed by atoms with Gasteiger partial charge in [0, 0.05) is 7.05 Å². The quantitative estimate of drug-likeness (QED) is 0.519. The van der Waals surface area contributed by atoms with Gasteiger partial charge in [-0.3, -0.25) is 9.36 Å². The molecular formula is C19H17FN6O3. The van der Waals surface area contributed by atoms with E-state index < -0.39 is 5.76 Å². The van der Waals surface area contributed by atoms with Gasteiger partial charge < -0.3 is 8.98 Å². The van der Waals surface area contributed by atoms with Gasteiger partial charge in [0.1, 0.15) is 18.7 Å². The topological polar surface area (TPSA) is 101 Å². The first-order valence-corrected chi connectivity index (χ1v) is 9.20. The predicted molar refractivity (Wildman–Crippen MR) is 100 cm³/mol. The Kier molecular flexibility index (Phi) is 3.93. The number of rotatable bonds is 4. The summed E-state index contributed by atoms with van der Waals surface area (Å²) in [5.41, 5.74) is 1.49. The van der Waals surface area contributed by atoms with Crippen molar-refractivity contribution in [1.82, 2.24) is 28.9 Å². The highest BCUT2D eigenvalue weighted by molar-refractivity contribution is 5.68. The molecule has 1 fully saturated rings. The van der Waals surface area contributed by atoms with Crippen LogP contribution in [-0.2, 0) is 13.6 Å². The molecule has 0 atom stereocenters. The molecule has 1 saturated carbocycles. The maximum Gasteiger partial charge on any atom is 0.437 e. The van der Waals surface area contributed by atoms with E-state index in [0.29, 0.717) is 11.2 Å². The number of aryl methyl sites for hydroxylation is 1. The molecule has 0 spiro atoms. The van der Waals surface area contributed by atoms with Crippen LogP contribution in [0.25, 0.3) is 11.2 Å². The molecule has 0 amide bonds. The Hall–Kier alpha value is -3.56. The number of aromatic nitrogens is 6. The van der Waals surface area contributed by atoms with Gasteiger partial charge in [0.2, 0.25) is 5.89 Å². The average molecular weight is 396 g/mol. The smallest absolute Gasteiger partial charge is 0.390 e.